The van der Waals surface area contributed by atoms with Gasteiger partial charge in [-0.2, -0.15) is 5.26 Å². The summed E-state index contributed by atoms with van der Waals surface area (Å²) in [5, 5.41) is 28.0. The standard InChI is InChI=1S/C8H5F2N3O3/c9-8(10)6-5(14)3-12-4(1-2-11)7(6)13(15)16/h3,8,14H,1H2. The number of nitrogens with zero attached hydrogens (tertiary/aromatic N) is 3. The predicted molar refractivity (Wildman–Crippen MR) is 46.8 cm³/mol. The van der Waals surface area contributed by atoms with Crippen LogP contribution in [-0.2, 0) is 6.42 Å². The van der Waals surface area contributed by atoms with Crippen LogP contribution in [0, 0.1) is 21.4 Å². The Kier molecular flexibility index (Phi) is 3.30. The molecule has 0 aliphatic rings. The Morgan fingerprint density at radius 1 is 1.69 bits per heavy atom. The Labute approximate surface area is 87.9 Å². The summed E-state index contributed by atoms with van der Waals surface area (Å²) in [6, 6.07) is 1.57. The van der Waals surface area contributed by atoms with Crippen LogP contribution in [0.3, 0.4) is 0 Å². The zero-order valence-electron chi connectivity index (χ0n) is 7.72. The molecule has 1 aromatic rings. The number of alkyl halides is 2. The van der Waals surface area contributed by atoms with Crippen molar-refractivity contribution >= 4 is 5.69 Å². The SMILES string of the molecule is N#CCc1ncc(O)c(C(F)F)c1[N+](=O)[O-]. The molecule has 0 aromatic carbocycles. The lowest BCUT2D eigenvalue weighted by Crippen LogP contribution is -2.03. The molecule has 0 atom stereocenters. The smallest absolute Gasteiger partial charge is 0.304 e. The van der Waals surface area contributed by atoms with Crippen molar-refractivity contribution in [2.24, 2.45) is 0 Å². The van der Waals surface area contributed by atoms with E-state index in [9.17, 15) is 18.9 Å². The first-order valence-corrected chi connectivity index (χ1v) is 3.99. The van der Waals surface area contributed by atoms with Gasteiger partial charge in [-0.25, -0.2) is 13.8 Å². The molecular formula is C8H5F2N3O3. The number of halogens is 2. The molecule has 0 aliphatic carbocycles. The van der Waals surface area contributed by atoms with Crippen molar-refractivity contribution in [2.75, 3.05) is 0 Å². The van der Waals surface area contributed by atoms with Crippen molar-refractivity contribution in [2.45, 2.75) is 12.8 Å². The van der Waals surface area contributed by atoms with E-state index in [0.29, 0.717) is 6.20 Å². The molecule has 0 radical (unpaired) electrons. The van der Waals surface area contributed by atoms with Crippen molar-refractivity contribution in [3.63, 3.8) is 0 Å². The third-order valence-corrected chi connectivity index (χ3v) is 1.79. The normalized spacial score (nSPS) is 10.1. The maximum absolute atomic E-state index is 12.5. The number of nitriles is 1. The Hall–Kier alpha value is -2.30. The average Bonchev–Trinajstić information content (AvgIpc) is 2.19. The summed E-state index contributed by atoms with van der Waals surface area (Å²) in [7, 11) is 0. The molecule has 0 fully saturated rings. The van der Waals surface area contributed by atoms with Crippen molar-refractivity contribution in [3.05, 3.63) is 27.6 Å². The Morgan fingerprint density at radius 2 is 2.31 bits per heavy atom. The van der Waals surface area contributed by atoms with Crippen molar-refractivity contribution < 1.29 is 18.8 Å². The lowest BCUT2D eigenvalue weighted by Gasteiger charge is -2.06. The zero-order valence-corrected chi connectivity index (χ0v) is 7.72. The topological polar surface area (TPSA) is 100 Å². The Morgan fingerprint density at radius 3 is 2.75 bits per heavy atom. The highest BCUT2D eigenvalue weighted by molar-refractivity contribution is 5.52. The van der Waals surface area contributed by atoms with Gasteiger partial charge in [0.1, 0.15) is 17.0 Å². The molecule has 0 saturated heterocycles. The van der Waals surface area contributed by atoms with Gasteiger partial charge in [-0.3, -0.25) is 10.1 Å². The van der Waals surface area contributed by atoms with Crippen LogP contribution in [0.5, 0.6) is 5.75 Å². The first-order chi connectivity index (χ1) is 7.49. The van der Waals surface area contributed by atoms with Crippen LogP contribution in [0.1, 0.15) is 17.7 Å². The van der Waals surface area contributed by atoms with Gasteiger partial charge < -0.3 is 5.11 Å². The number of pyridine rings is 1. The molecule has 1 aromatic heterocycles. The maximum atomic E-state index is 12.5. The fourth-order valence-electron chi connectivity index (χ4n) is 1.17. The number of hydrogen-bond donors (Lipinski definition) is 1. The van der Waals surface area contributed by atoms with E-state index in [0.717, 1.165) is 0 Å². The minimum absolute atomic E-state index is 0.388. The highest BCUT2D eigenvalue weighted by Gasteiger charge is 2.30. The largest absolute Gasteiger partial charge is 0.506 e. The molecule has 1 heterocycles. The second kappa shape index (κ2) is 4.48. The molecule has 1 N–H and O–H groups in total. The van der Waals surface area contributed by atoms with E-state index in [1.54, 1.807) is 6.07 Å². The highest BCUT2D eigenvalue weighted by atomic mass is 19.3. The maximum Gasteiger partial charge on any atom is 0.304 e. The van der Waals surface area contributed by atoms with Gasteiger partial charge in [0.05, 0.1) is 23.6 Å². The summed E-state index contributed by atoms with van der Waals surface area (Å²) in [4.78, 5) is 12.9. The van der Waals surface area contributed by atoms with E-state index >= 15 is 0 Å². The summed E-state index contributed by atoms with van der Waals surface area (Å²) in [5.74, 6) is -0.955. The summed E-state index contributed by atoms with van der Waals surface area (Å²) in [6.45, 7) is 0. The Bertz CT molecular complexity index is 470. The van der Waals surface area contributed by atoms with Crippen LogP contribution in [0.4, 0.5) is 14.5 Å². The molecule has 0 aliphatic heterocycles. The quantitative estimate of drug-likeness (QED) is 0.627. The van der Waals surface area contributed by atoms with Crippen LogP contribution in [0.2, 0.25) is 0 Å². The van der Waals surface area contributed by atoms with Gasteiger partial charge in [0.15, 0.2) is 0 Å². The van der Waals surface area contributed by atoms with E-state index in [-0.39, 0.29) is 5.69 Å². The van der Waals surface area contributed by atoms with Crippen LogP contribution in [0.15, 0.2) is 6.20 Å². The minimum atomic E-state index is -3.21. The fraction of sp³-hybridized carbons (Fsp3) is 0.250. The summed E-state index contributed by atoms with van der Waals surface area (Å²) in [5.41, 5.74) is -2.50. The van der Waals surface area contributed by atoms with E-state index in [4.69, 9.17) is 10.4 Å². The van der Waals surface area contributed by atoms with Crippen LogP contribution in [0.25, 0.3) is 0 Å². The predicted octanol–water partition coefficient (Wildman–Crippen LogP) is 1.70. The van der Waals surface area contributed by atoms with Crippen molar-refractivity contribution in [3.8, 4) is 11.8 Å². The van der Waals surface area contributed by atoms with Gasteiger partial charge in [-0.15, -0.1) is 0 Å². The van der Waals surface area contributed by atoms with Gasteiger partial charge in [-0.1, -0.05) is 0 Å². The second-order valence-corrected chi connectivity index (χ2v) is 2.75. The van der Waals surface area contributed by atoms with Crippen LogP contribution in [-0.4, -0.2) is 15.0 Å². The number of nitro groups is 1. The molecule has 84 valence electrons. The average molecular weight is 229 g/mol. The van der Waals surface area contributed by atoms with E-state index < -0.39 is 34.8 Å². The van der Waals surface area contributed by atoms with Gasteiger partial charge in [0.25, 0.3) is 6.43 Å². The third kappa shape index (κ3) is 2.03. The molecular weight excluding hydrogens is 224 g/mol. The van der Waals surface area contributed by atoms with Gasteiger partial charge in [-0.05, 0) is 0 Å². The molecule has 0 spiro atoms. The molecule has 16 heavy (non-hydrogen) atoms. The molecule has 0 unspecified atom stereocenters. The van der Waals surface area contributed by atoms with Crippen molar-refractivity contribution in [1.82, 2.24) is 4.98 Å². The summed E-state index contributed by atoms with van der Waals surface area (Å²) >= 11 is 0. The number of aromatic nitrogens is 1. The molecule has 8 heteroatoms. The summed E-state index contributed by atoms with van der Waals surface area (Å²) < 4.78 is 25.0. The van der Waals surface area contributed by atoms with Crippen molar-refractivity contribution in [1.29, 1.82) is 5.26 Å². The molecule has 0 bridgehead atoms. The van der Waals surface area contributed by atoms with Crippen LogP contribution < -0.4 is 0 Å². The first kappa shape index (κ1) is 11.8. The monoisotopic (exact) mass is 229 g/mol. The van der Waals surface area contributed by atoms with Crippen LogP contribution >= 0.6 is 0 Å². The fourth-order valence-corrected chi connectivity index (χ4v) is 1.17. The number of rotatable bonds is 3. The number of aromatic hydroxyl groups is 1. The Balaban J connectivity index is 3.51. The van der Waals surface area contributed by atoms with E-state index in [2.05, 4.69) is 4.98 Å². The zero-order chi connectivity index (χ0) is 12.3. The number of hydrogen-bond acceptors (Lipinski definition) is 5. The summed E-state index contributed by atoms with van der Waals surface area (Å²) in [6.07, 6.45) is -3.02. The second-order valence-electron chi connectivity index (χ2n) is 2.75. The van der Waals surface area contributed by atoms with Gasteiger partial charge in [0.2, 0.25) is 0 Å². The lowest BCUT2D eigenvalue weighted by molar-refractivity contribution is -0.387. The third-order valence-electron chi connectivity index (χ3n) is 1.79. The highest BCUT2D eigenvalue weighted by Crippen LogP contribution is 2.37. The van der Waals surface area contributed by atoms with Gasteiger partial charge >= 0.3 is 5.69 Å². The molecule has 0 saturated carbocycles. The molecule has 1 rings (SSSR count). The molecule has 0 amide bonds. The van der Waals surface area contributed by atoms with E-state index in [1.807, 2.05) is 0 Å². The first-order valence-electron chi connectivity index (χ1n) is 3.99. The molecule has 6 nitrogen and oxygen atoms in total. The van der Waals surface area contributed by atoms with Gasteiger partial charge in [0, 0.05) is 0 Å². The van der Waals surface area contributed by atoms with E-state index in [1.165, 1.54) is 0 Å². The lowest BCUT2D eigenvalue weighted by atomic mass is 10.1. The minimum Gasteiger partial charge on any atom is -0.506 e.